The number of nitrogens with one attached hydrogen (secondary N) is 2. The summed E-state index contributed by atoms with van der Waals surface area (Å²) in [4.78, 5) is 11.5. The Kier molecular flexibility index (Phi) is 10.7. The Morgan fingerprint density at radius 2 is 1.81 bits per heavy atom. The minimum atomic E-state index is -0.136. The van der Waals surface area contributed by atoms with E-state index in [1.807, 2.05) is 34.6 Å². The first-order valence-corrected chi connectivity index (χ1v) is 6.10. The van der Waals surface area contributed by atoms with Gasteiger partial charge in [-0.3, -0.25) is 4.79 Å². The highest BCUT2D eigenvalue weighted by molar-refractivity contribution is 5.81. The Morgan fingerprint density at radius 3 is 2.12 bits per heavy atom. The van der Waals surface area contributed by atoms with E-state index in [1.165, 1.54) is 0 Å². The standard InChI is InChI=1S/C10H23N3O.C2H6/c1-10(2,3)13-8(6-5-7-11)9(14)12-4;1-2/h8,13H,5-7,11H2,1-4H3,(H,12,14);1-2H3. The lowest BCUT2D eigenvalue weighted by atomic mass is 10.0. The Balaban J connectivity index is 0. The van der Waals surface area contributed by atoms with Crippen LogP contribution in [0.5, 0.6) is 0 Å². The third-order valence-electron chi connectivity index (χ3n) is 1.87. The molecule has 16 heavy (non-hydrogen) atoms. The number of hydrogen-bond donors (Lipinski definition) is 3. The maximum Gasteiger partial charge on any atom is 0.236 e. The largest absolute Gasteiger partial charge is 0.358 e. The molecular formula is C12H29N3O. The lowest BCUT2D eigenvalue weighted by molar-refractivity contribution is -0.123. The molecule has 4 nitrogen and oxygen atoms in total. The minimum absolute atomic E-state index is 0.0355. The highest BCUT2D eigenvalue weighted by Crippen LogP contribution is 2.05. The zero-order chi connectivity index (χ0) is 13.2. The fourth-order valence-corrected chi connectivity index (χ4v) is 1.29. The van der Waals surface area contributed by atoms with Crippen molar-refractivity contribution in [2.75, 3.05) is 13.6 Å². The van der Waals surface area contributed by atoms with Gasteiger partial charge in [0.25, 0.3) is 0 Å². The maximum absolute atomic E-state index is 11.5. The average molecular weight is 231 g/mol. The molecule has 0 heterocycles. The number of hydrogen-bond acceptors (Lipinski definition) is 3. The van der Waals surface area contributed by atoms with Gasteiger partial charge in [0.1, 0.15) is 0 Å². The van der Waals surface area contributed by atoms with Crippen LogP contribution in [-0.4, -0.2) is 31.1 Å². The molecule has 0 bridgehead atoms. The molecule has 0 aromatic carbocycles. The molecule has 0 saturated carbocycles. The molecule has 0 aliphatic heterocycles. The molecule has 0 aromatic rings. The van der Waals surface area contributed by atoms with E-state index in [1.54, 1.807) is 7.05 Å². The molecule has 0 aliphatic rings. The fraction of sp³-hybridized carbons (Fsp3) is 0.917. The normalized spacial score (nSPS) is 12.4. The average Bonchev–Trinajstić information content (AvgIpc) is 2.24. The first kappa shape index (κ1) is 17.8. The highest BCUT2D eigenvalue weighted by atomic mass is 16.2. The van der Waals surface area contributed by atoms with Crippen molar-refractivity contribution in [3.05, 3.63) is 0 Å². The van der Waals surface area contributed by atoms with Crippen molar-refractivity contribution in [2.24, 2.45) is 5.73 Å². The van der Waals surface area contributed by atoms with Crippen LogP contribution in [0.2, 0.25) is 0 Å². The van der Waals surface area contributed by atoms with Crippen LogP contribution < -0.4 is 16.4 Å². The van der Waals surface area contributed by atoms with Crippen molar-refractivity contribution in [1.82, 2.24) is 10.6 Å². The molecule has 0 spiro atoms. The van der Waals surface area contributed by atoms with Gasteiger partial charge >= 0.3 is 0 Å². The summed E-state index contributed by atoms with van der Waals surface area (Å²) in [5.41, 5.74) is 5.37. The van der Waals surface area contributed by atoms with Crippen molar-refractivity contribution in [3.63, 3.8) is 0 Å². The van der Waals surface area contributed by atoms with Crippen LogP contribution in [0, 0.1) is 0 Å². The molecule has 4 heteroatoms. The molecule has 1 atom stereocenters. The Morgan fingerprint density at radius 1 is 1.31 bits per heavy atom. The van der Waals surface area contributed by atoms with Crippen LogP contribution in [0.3, 0.4) is 0 Å². The summed E-state index contributed by atoms with van der Waals surface area (Å²) in [6.07, 6.45) is 1.65. The maximum atomic E-state index is 11.5. The summed E-state index contributed by atoms with van der Waals surface area (Å²) in [7, 11) is 1.65. The molecule has 0 saturated heterocycles. The van der Waals surface area contributed by atoms with Crippen LogP contribution in [0.4, 0.5) is 0 Å². The van der Waals surface area contributed by atoms with Gasteiger partial charge in [-0.05, 0) is 40.2 Å². The summed E-state index contributed by atoms with van der Waals surface area (Å²) in [6.45, 7) is 10.8. The van der Waals surface area contributed by atoms with Crippen LogP contribution in [-0.2, 0) is 4.79 Å². The van der Waals surface area contributed by atoms with E-state index in [0.717, 1.165) is 12.8 Å². The summed E-state index contributed by atoms with van der Waals surface area (Å²) in [5, 5.41) is 5.93. The van der Waals surface area contributed by atoms with Crippen LogP contribution in [0.15, 0.2) is 0 Å². The quantitative estimate of drug-likeness (QED) is 0.667. The van der Waals surface area contributed by atoms with Gasteiger partial charge in [0, 0.05) is 12.6 Å². The molecule has 1 amide bonds. The monoisotopic (exact) mass is 231 g/mol. The summed E-state index contributed by atoms with van der Waals surface area (Å²) < 4.78 is 0. The van der Waals surface area contributed by atoms with Crippen LogP contribution in [0.25, 0.3) is 0 Å². The van der Waals surface area contributed by atoms with Crippen LogP contribution >= 0.6 is 0 Å². The Labute approximate surface area is 100 Å². The molecule has 0 aliphatic carbocycles. The number of carbonyl (C=O) groups excluding carboxylic acids is 1. The lowest BCUT2D eigenvalue weighted by Crippen LogP contribution is -2.51. The van der Waals surface area contributed by atoms with Gasteiger partial charge < -0.3 is 16.4 Å². The smallest absolute Gasteiger partial charge is 0.236 e. The summed E-state index contributed by atoms with van der Waals surface area (Å²) >= 11 is 0. The minimum Gasteiger partial charge on any atom is -0.358 e. The molecule has 0 fully saturated rings. The van der Waals surface area contributed by atoms with Gasteiger partial charge in [0.05, 0.1) is 6.04 Å². The van der Waals surface area contributed by atoms with Crippen molar-refractivity contribution in [3.8, 4) is 0 Å². The third kappa shape index (κ3) is 9.93. The SMILES string of the molecule is CC.CNC(=O)C(CCCN)NC(C)(C)C. The predicted octanol–water partition coefficient (Wildman–Crippen LogP) is 1.25. The van der Waals surface area contributed by atoms with Crippen molar-refractivity contribution >= 4 is 5.91 Å². The molecule has 98 valence electrons. The molecular weight excluding hydrogens is 202 g/mol. The highest BCUT2D eigenvalue weighted by Gasteiger charge is 2.21. The summed E-state index contributed by atoms with van der Waals surface area (Å²) in [6, 6.07) is -0.136. The zero-order valence-electron chi connectivity index (χ0n) is 11.7. The predicted molar refractivity (Wildman–Crippen MR) is 70.4 cm³/mol. The van der Waals surface area contributed by atoms with E-state index in [2.05, 4.69) is 10.6 Å². The van der Waals surface area contributed by atoms with Gasteiger partial charge in [0.2, 0.25) is 5.91 Å². The fourth-order valence-electron chi connectivity index (χ4n) is 1.29. The second-order valence-electron chi connectivity index (χ2n) is 4.49. The van der Waals surface area contributed by atoms with Gasteiger partial charge in [-0.15, -0.1) is 0 Å². The first-order chi connectivity index (χ1) is 7.40. The van der Waals surface area contributed by atoms with Gasteiger partial charge in [-0.25, -0.2) is 0 Å². The van der Waals surface area contributed by atoms with E-state index in [0.29, 0.717) is 6.54 Å². The van der Waals surface area contributed by atoms with Crippen molar-refractivity contribution in [2.45, 2.75) is 59.0 Å². The number of rotatable bonds is 5. The van der Waals surface area contributed by atoms with Crippen molar-refractivity contribution < 1.29 is 4.79 Å². The summed E-state index contributed by atoms with van der Waals surface area (Å²) in [5.74, 6) is 0.0355. The second-order valence-corrected chi connectivity index (χ2v) is 4.49. The molecule has 0 rings (SSSR count). The number of nitrogens with two attached hydrogens (primary N) is 1. The van der Waals surface area contributed by atoms with E-state index >= 15 is 0 Å². The van der Waals surface area contributed by atoms with Gasteiger partial charge in [-0.1, -0.05) is 13.8 Å². The molecule has 0 radical (unpaired) electrons. The lowest BCUT2D eigenvalue weighted by Gasteiger charge is -2.27. The number of amides is 1. The molecule has 0 aromatic heterocycles. The van der Waals surface area contributed by atoms with E-state index in [4.69, 9.17) is 5.73 Å². The number of carbonyl (C=O) groups is 1. The van der Waals surface area contributed by atoms with Crippen molar-refractivity contribution in [1.29, 1.82) is 0 Å². The van der Waals surface area contributed by atoms with Gasteiger partial charge in [0.15, 0.2) is 0 Å². The first-order valence-electron chi connectivity index (χ1n) is 6.10. The number of likely N-dealkylation sites (N-methyl/N-ethyl adjacent to an activating group) is 1. The third-order valence-corrected chi connectivity index (χ3v) is 1.87. The van der Waals surface area contributed by atoms with E-state index in [9.17, 15) is 4.79 Å². The van der Waals surface area contributed by atoms with Crippen LogP contribution in [0.1, 0.15) is 47.5 Å². The van der Waals surface area contributed by atoms with Gasteiger partial charge in [-0.2, -0.15) is 0 Å². The zero-order valence-corrected chi connectivity index (χ0v) is 11.7. The van der Waals surface area contributed by atoms with E-state index < -0.39 is 0 Å². The topological polar surface area (TPSA) is 67.2 Å². The Hall–Kier alpha value is -0.610. The van der Waals surface area contributed by atoms with E-state index in [-0.39, 0.29) is 17.5 Å². The molecule has 4 N–H and O–H groups in total. The molecule has 1 unspecified atom stereocenters. The second kappa shape index (κ2) is 9.60. The Bertz CT molecular complexity index is 176.